The molecule has 0 atom stereocenters. The highest BCUT2D eigenvalue weighted by molar-refractivity contribution is 7.80. The highest BCUT2D eigenvalue weighted by Crippen LogP contribution is 2.16. The van der Waals surface area contributed by atoms with E-state index in [1.807, 2.05) is 24.3 Å². The van der Waals surface area contributed by atoms with Gasteiger partial charge in [0.15, 0.2) is 5.11 Å². The molecular weight excluding hydrogens is 358 g/mol. The lowest BCUT2D eigenvalue weighted by atomic mass is 10.3. The summed E-state index contributed by atoms with van der Waals surface area (Å²) in [6, 6.07) is 11.9. The molecule has 0 radical (unpaired) electrons. The SMILES string of the molecule is CCN(CC)CCN(Cc1cccs1)C(=S)Nc1ccc(Cl)cc1. The predicted molar refractivity (Wildman–Crippen MR) is 110 cm³/mol. The van der Waals surface area contributed by atoms with Gasteiger partial charge in [-0.3, -0.25) is 0 Å². The van der Waals surface area contributed by atoms with Gasteiger partial charge in [0.1, 0.15) is 0 Å². The minimum absolute atomic E-state index is 0.725. The van der Waals surface area contributed by atoms with E-state index >= 15 is 0 Å². The third-order valence-electron chi connectivity index (χ3n) is 3.89. The molecule has 6 heteroatoms. The van der Waals surface area contributed by atoms with Gasteiger partial charge in [-0.05, 0) is 61.0 Å². The monoisotopic (exact) mass is 381 g/mol. The molecule has 0 aliphatic carbocycles. The zero-order valence-corrected chi connectivity index (χ0v) is 16.6. The van der Waals surface area contributed by atoms with Crippen LogP contribution in [0.1, 0.15) is 18.7 Å². The zero-order valence-electron chi connectivity index (χ0n) is 14.2. The zero-order chi connectivity index (χ0) is 17.4. The van der Waals surface area contributed by atoms with Gasteiger partial charge in [-0.2, -0.15) is 0 Å². The molecule has 0 fully saturated rings. The van der Waals surface area contributed by atoms with Crippen LogP contribution in [0.15, 0.2) is 41.8 Å². The Morgan fingerprint density at radius 3 is 2.42 bits per heavy atom. The number of hydrogen-bond acceptors (Lipinski definition) is 3. The highest BCUT2D eigenvalue weighted by atomic mass is 35.5. The molecule has 1 N–H and O–H groups in total. The summed E-state index contributed by atoms with van der Waals surface area (Å²) in [5.74, 6) is 0. The van der Waals surface area contributed by atoms with E-state index in [9.17, 15) is 0 Å². The van der Waals surface area contributed by atoms with Crippen molar-refractivity contribution >= 4 is 46.0 Å². The summed E-state index contributed by atoms with van der Waals surface area (Å²) in [6.45, 7) is 9.23. The van der Waals surface area contributed by atoms with Crippen molar-refractivity contribution in [1.82, 2.24) is 9.80 Å². The van der Waals surface area contributed by atoms with Crippen molar-refractivity contribution in [2.45, 2.75) is 20.4 Å². The standard InChI is InChI=1S/C18H24ClN3S2/c1-3-21(4-2)11-12-22(14-17-6-5-13-24-17)18(23)20-16-9-7-15(19)8-10-16/h5-10,13H,3-4,11-12,14H2,1-2H3,(H,20,23). The van der Waals surface area contributed by atoms with Gasteiger partial charge in [-0.15, -0.1) is 11.3 Å². The summed E-state index contributed by atoms with van der Waals surface area (Å²) < 4.78 is 0. The van der Waals surface area contributed by atoms with E-state index < -0.39 is 0 Å². The smallest absolute Gasteiger partial charge is 0.173 e. The summed E-state index contributed by atoms with van der Waals surface area (Å²) in [5.41, 5.74) is 0.961. The number of nitrogens with zero attached hydrogens (tertiary/aromatic N) is 2. The first-order valence-corrected chi connectivity index (χ1v) is 9.85. The molecule has 0 saturated heterocycles. The van der Waals surface area contributed by atoms with Crippen LogP contribution in [-0.2, 0) is 6.54 Å². The van der Waals surface area contributed by atoms with Crippen LogP contribution in [0.2, 0.25) is 5.02 Å². The van der Waals surface area contributed by atoms with Gasteiger partial charge in [0.2, 0.25) is 0 Å². The van der Waals surface area contributed by atoms with Gasteiger partial charge in [0.05, 0.1) is 6.54 Å². The second kappa shape index (κ2) is 9.99. The molecule has 24 heavy (non-hydrogen) atoms. The Labute approximate surface area is 159 Å². The van der Waals surface area contributed by atoms with E-state index in [2.05, 4.69) is 46.5 Å². The van der Waals surface area contributed by atoms with Crippen molar-refractivity contribution in [1.29, 1.82) is 0 Å². The molecule has 0 bridgehead atoms. The summed E-state index contributed by atoms with van der Waals surface area (Å²) in [5, 5.41) is 6.90. The Balaban J connectivity index is 2.02. The molecular formula is C18H24ClN3S2. The number of halogens is 1. The van der Waals surface area contributed by atoms with Crippen LogP contribution in [0, 0.1) is 0 Å². The fourth-order valence-corrected chi connectivity index (χ4v) is 3.50. The van der Waals surface area contributed by atoms with E-state index in [0.29, 0.717) is 0 Å². The van der Waals surface area contributed by atoms with Gasteiger partial charge in [-0.25, -0.2) is 0 Å². The molecule has 3 nitrogen and oxygen atoms in total. The molecule has 0 aliphatic heterocycles. The fraction of sp³-hybridized carbons (Fsp3) is 0.389. The molecule has 0 amide bonds. The van der Waals surface area contributed by atoms with Crippen LogP contribution >= 0.6 is 35.2 Å². The van der Waals surface area contributed by atoms with Crippen LogP contribution < -0.4 is 5.32 Å². The largest absolute Gasteiger partial charge is 0.343 e. The molecule has 0 aliphatic rings. The van der Waals surface area contributed by atoms with Crippen LogP contribution in [0.25, 0.3) is 0 Å². The quantitative estimate of drug-likeness (QED) is 0.652. The van der Waals surface area contributed by atoms with Crippen molar-refractivity contribution in [3.05, 3.63) is 51.7 Å². The van der Waals surface area contributed by atoms with E-state index in [0.717, 1.165) is 48.5 Å². The van der Waals surface area contributed by atoms with E-state index in [-0.39, 0.29) is 0 Å². The molecule has 130 valence electrons. The van der Waals surface area contributed by atoms with E-state index in [1.165, 1.54) is 4.88 Å². The Hall–Kier alpha value is -1.14. The summed E-state index contributed by atoms with van der Waals surface area (Å²) >= 11 is 13.4. The summed E-state index contributed by atoms with van der Waals surface area (Å²) in [7, 11) is 0. The first-order chi connectivity index (χ1) is 11.6. The Bertz CT molecular complexity index is 610. The molecule has 0 unspecified atom stereocenters. The van der Waals surface area contributed by atoms with Crippen molar-refractivity contribution in [2.75, 3.05) is 31.5 Å². The maximum Gasteiger partial charge on any atom is 0.173 e. The second-order valence-corrected chi connectivity index (χ2v) is 7.32. The summed E-state index contributed by atoms with van der Waals surface area (Å²) in [6.07, 6.45) is 0. The van der Waals surface area contributed by atoms with Gasteiger partial charge < -0.3 is 15.1 Å². The van der Waals surface area contributed by atoms with Crippen LogP contribution in [0.3, 0.4) is 0 Å². The predicted octanol–water partition coefficient (Wildman–Crippen LogP) is 4.94. The molecule has 2 aromatic rings. The van der Waals surface area contributed by atoms with Crippen LogP contribution in [0.4, 0.5) is 5.69 Å². The van der Waals surface area contributed by atoms with Crippen molar-refractivity contribution < 1.29 is 0 Å². The number of thiocarbonyl (C=S) groups is 1. The number of rotatable bonds is 8. The Morgan fingerprint density at radius 2 is 1.83 bits per heavy atom. The van der Waals surface area contributed by atoms with E-state index in [1.54, 1.807) is 11.3 Å². The lowest BCUT2D eigenvalue weighted by Crippen LogP contribution is -2.40. The summed E-state index contributed by atoms with van der Waals surface area (Å²) in [4.78, 5) is 5.95. The number of thiophene rings is 1. The normalized spacial score (nSPS) is 10.8. The number of hydrogen-bond donors (Lipinski definition) is 1. The van der Waals surface area contributed by atoms with Gasteiger partial charge in [-0.1, -0.05) is 31.5 Å². The minimum atomic E-state index is 0.725. The first-order valence-electron chi connectivity index (χ1n) is 8.18. The number of likely N-dealkylation sites (N-methyl/N-ethyl adjacent to an activating group) is 1. The topological polar surface area (TPSA) is 18.5 Å². The van der Waals surface area contributed by atoms with Crippen LogP contribution in [0.5, 0.6) is 0 Å². The lowest BCUT2D eigenvalue weighted by Gasteiger charge is -2.28. The van der Waals surface area contributed by atoms with Crippen LogP contribution in [-0.4, -0.2) is 41.1 Å². The van der Waals surface area contributed by atoms with Crippen molar-refractivity contribution in [3.8, 4) is 0 Å². The Kier molecular flexibility index (Phi) is 7.99. The fourth-order valence-electron chi connectivity index (χ4n) is 2.38. The van der Waals surface area contributed by atoms with Crippen molar-refractivity contribution in [2.24, 2.45) is 0 Å². The minimum Gasteiger partial charge on any atom is -0.343 e. The average Bonchev–Trinajstić information content (AvgIpc) is 3.09. The molecule has 0 spiro atoms. The van der Waals surface area contributed by atoms with Gasteiger partial charge in [0.25, 0.3) is 0 Å². The molecule has 1 aromatic heterocycles. The molecule has 1 aromatic carbocycles. The highest BCUT2D eigenvalue weighted by Gasteiger charge is 2.13. The number of benzene rings is 1. The third kappa shape index (κ3) is 6.06. The number of nitrogens with one attached hydrogen (secondary N) is 1. The lowest BCUT2D eigenvalue weighted by molar-refractivity contribution is 0.267. The van der Waals surface area contributed by atoms with Gasteiger partial charge >= 0.3 is 0 Å². The first kappa shape index (κ1) is 19.2. The van der Waals surface area contributed by atoms with Gasteiger partial charge in [0, 0.05) is 28.7 Å². The maximum absolute atomic E-state index is 5.95. The Morgan fingerprint density at radius 1 is 1.12 bits per heavy atom. The van der Waals surface area contributed by atoms with Crippen molar-refractivity contribution in [3.63, 3.8) is 0 Å². The molecule has 1 heterocycles. The molecule has 2 rings (SSSR count). The number of anilines is 1. The second-order valence-electron chi connectivity index (χ2n) is 5.46. The average molecular weight is 382 g/mol. The third-order valence-corrected chi connectivity index (χ3v) is 5.36. The van der Waals surface area contributed by atoms with E-state index in [4.69, 9.17) is 23.8 Å². The maximum atomic E-state index is 5.95. The molecule has 0 saturated carbocycles.